The van der Waals surface area contributed by atoms with Crippen LogP contribution in [0.4, 0.5) is 4.39 Å². The molecule has 0 radical (unpaired) electrons. The second kappa shape index (κ2) is 8.94. The molecule has 2 aliphatic carbocycles. The maximum absolute atomic E-state index is 13.8. The molecule has 0 N–H and O–H groups in total. The van der Waals surface area contributed by atoms with E-state index in [4.69, 9.17) is 9.47 Å². The molecule has 2 saturated carbocycles. The Balaban J connectivity index is 1.36. The summed E-state index contributed by atoms with van der Waals surface area (Å²) in [7, 11) is 0. The van der Waals surface area contributed by atoms with Crippen LogP contribution in [0, 0.1) is 17.2 Å². The Morgan fingerprint density at radius 2 is 1.93 bits per heavy atom. The maximum Gasteiger partial charge on any atom is 0.321 e. The smallest absolute Gasteiger partial charge is 0.321 e. The molecule has 0 bridgehead atoms. The van der Waals surface area contributed by atoms with E-state index in [0.29, 0.717) is 45.1 Å². The molecule has 6 heteroatoms. The third-order valence-corrected chi connectivity index (χ3v) is 7.10. The number of amides is 1. The van der Waals surface area contributed by atoms with Crippen LogP contribution in [-0.2, 0) is 14.3 Å². The summed E-state index contributed by atoms with van der Waals surface area (Å²) in [5, 5.41) is 0. The molecule has 3 fully saturated rings. The van der Waals surface area contributed by atoms with E-state index in [2.05, 4.69) is 0 Å². The van der Waals surface area contributed by atoms with Gasteiger partial charge < -0.3 is 14.4 Å². The number of ether oxygens (including phenoxy) is 2. The van der Waals surface area contributed by atoms with Gasteiger partial charge in [0, 0.05) is 24.6 Å². The summed E-state index contributed by atoms with van der Waals surface area (Å²) < 4.78 is 25.1. The van der Waals surface area contributed by atoms with Crippen molar-refractivity contribution < 1.29 is 23.5 Å². The molecule has 0 spiro atoms. The third kappa shape index (κ3) is 4.06. The first-order chi connectivity index (χ1) is 14.5. The first-order valence-corrected chi connectivity index (χ1v) is 11.4. The van der Waals surface area contributed by atoms with Crippen molar-refractivity contribution in [1.29, 1.82) is 0 Å². The lowest BCUT2D eigenvalue weighted by molar-refractivity contribution is -0.171. The number of likely N-dealkylation sites (tertiary alicyclic amines) is 1. The molecule has 1 saturated heterocycles. The van der Waals surface area contributed by atoms with E-state index in [1.165, 1.54) is 18.9 Å². The summed E-state index contributed by atoms with van der Waals surface area (Å²) >= 11 is 0. The van der Waals surface area contributed by atoms with Crippen LogP contribution in [0.5, 0.6) is 5.75 Å². The Morgan fingerprint density at radius 1 is 1.17 bits per heavy atom. The first kappa shape index (κ1) is 21.1. The molecule has 5 nitrogen and oxygen atoms in total. The minimum Gasteiger partial charge on any atom is -0.493 e. The average Bonchev–Trinajstić information content (AvgIpc) is 3.38. The van der Waals surface area contributed by atoms with Crippen LogP contribution >= 0.6 is 0 Å². The van der Waals surface area contributed by atoms with E-state index in [1.807, 2.05) is 4.90 Å². The molecule has 1 aliphatic heterocycles. The summed E-state index contributed by atoms with van der Waals surface area (Å²) in [5.41, 5.74) is 0.0207. The van der Waals surface area contributed by atoms with Crippen molar-refractivity contribution in [3.8, 4) is 5.75 Å². The zero-order chi connectivity index (χ0) is 21.1. The van der Waals surface area contributed by atoms with Gasteiger partial charge in [0.25, 0.3) is 0 Å². The minimum atomic E-state index is -0.960. The number of rotatable bonds is 7. The lowest BCUT2D eigenvalue weighted by atomic mass is 9.67. The van der Waals surface area contributed by atoms with Gasteiger partial charge in [-0.05, 0) is 63.1 Å². The molecule has 1 atom stereocenters. The molecular weight excluding hydrogens is 385 g/mol. The summed E-state index contributed by atoms with van der Waals surface area (Å²) in [6.07, 6.45) is 7.45. The monoisotopic (exact) mass is 417 g/mol. The predicted molar refractivity (Wildman–Crippen MR) is 111 cm³/mol. The van der Waals surface area contributed by atoms with Crippen LogP contribution in [0.2, 0.25) is 0 Å². The van der Waals surface area contributed by atoms with E-state index in [1.54, 1.807) is 19.1 Å². The lowest BCUT2D eigenvalue weighted by Gasteiger charge is -2.40. The molecule has 1 amide bonds. The number of carbonyl (C=O) groups excluding carboxylic acids is 2. The standard InChI is InChI=1S/C24H32FNO4/c1-2-29-23(28)24(11-5-12-24)22(27)26-13-10-17(15-26)16-30-21-9-8-19(25)14-20(21)18-6-3-4-7-18/h8-9,14,17-18H,2-7,10-13,15-16H2,1H3. The second-order valence-electron chi connectivity index (χ2n) is 9.04. The van der Waals surface area contributed by atoms with Crippen LogP contribution in [0.3, 0.4) is 0 Å². The van der Waals surface area contributed by atoms with E-state index in [9.17, 15) is 14.0 Å². The highest BCUT2D eigenvalue weighted by molar-refractivity contribution is 6.03. The molecule has 1 heterocycles. The molecular formula is C24H32FNO4. The summed E-state index contributed by atoms with van der Waals surface area (Å²) in [4.78, 5) is 27.3. The molecule has 4 rings (SSSR count). The van der Waals surface area contributed by atoms with Gasteiger partial charge in [-0.25, -0.2) is 4.39 Å². The highest BCUT2D eigenvalue weighted by atomic mass is 19.1. The van der Waals surface area contributed by atoms with E-state index in [0.717, 1.165) is 37.0 Å². The van der Waals surface area contributed by atoms with Crippen molar-refractivity contribution in [3.05, 3.63) is 29.6 Å². The van der Waals surface area contributed by atoms with Gasteiger partial charge >= 0.3 is 5.97 Å². The normalized spacial score (nSPS) is 23.3. The maximum atomic E-state index is 13.8. The second-order valence-corrected chi connectivity index (χ2v) is 9.04. The first-order valence-electron chi connectivity index (χ1n) is 11.4. The highest BCUT2D eigenvalue weighted by Gasteiger charge is 2.54. The van der Waals surface area contributed by atoms with Crippen LogP contribution in [0.15, 0.2) is 18.2 Å². The highest BCUT2D eigenvalue weighted by Crippen LogP contribution is 2.44. The number of hydrogen-bond acceptors (Lipinski definition) is 4. The van der Waals surface area contributed by atoms with Crippen LogP contribution in [0.25, 0.3) is 0 Å². The Bertz CT molecular complexity index is 785. The van der Waals surface area contributed by atoms with Crippen molar-refractivity contribution >= 4 is 11.9 Å². The lowest BCUT2D eigenvalue weighted by Crippen LogP contribution is -2.52. The molecule has 1 unspecified atom stereocenters. The number of esters is 1. The topological polar surface area (TPSA) is 55.8 Å². The summed E-state index contributed by atoms with van der Waals surface area (Å²) in [6, 6.07) is 4.82. The Kier molecular flexibility index (Phi) is 6.30. The van der Waals surface area contributed by atoms with Gasteiger partial charge in [0.2, 0.25) is 5.91 Å². The van der Waals surface area contributed by atoms with Crippen LogP contribution < -0.4 is 4.74 Å². The van der Waals surface area contributed by atoms with Gasteiger partial charge in [-0.2, -0.15) is 0 Å². The third-order valence-electron chi connectivity index (χ3n) is 7.10. The predicted octanol–water partition coefficient (Wildman–Crippen LogP) is 4.44. The number of nitrogens with zero attached hydrogens (tertiary/aromatic N) is 1. The van der Waals surface area contributed by atoms with Crippen LogP contribution in [-0.4, -0.2) is 43.1 Å². The average molecular weight is 418 g/mol. The molecule has 3 aliphatic rings. The fraction of sp³-hybridized carbons (Fsp3) is 0.667. The quantitative estimate of drug-likeness (QED) is 0.486. The van der Waals surface area contributed by atoms with E-state index < -0.39 is 5.41 Å². The fourth-order valence-electron chi connectivity index (χ4n) is 5.17. The van der Waals surface area contributed by atoms with Gasteiger partial charge in [-0.15, -0.1) is 0 Å². The number of benzene rings is 1. The number of hydrogen-bond donors (Lipinski definition) is 0. The SMILES string of the molecule is CCOC(=O)C1(C(=O)N2CCC(COc3ccc(F)cc3C3CCCC3)C2)CCC1. The zero-order valence-electron chi connectivity index (χ0n) is 17.8. The van der Waals surface area contributed by atoms with Crippen molar-refractivity contribution in [2.24, 2.45) is 11.3 Å². The molecule has 0 aromatic heterocycles. The molecule has 164 valence electrons. The van der Waals surface area contributed by atoms with Crippen molar-refractivity contribution in [1.82, 2.24) is 4.90 Å². The van der Waals surface area contributed by atoms with Gasteiger partial charge in [0.05, 0.1) is 13.2 Å². The minimum absolute atomic E-state index is 0.0804. The van der Waals surface area contributed by atoms with Gasteiger partial charge in [-0.3, -0.25) is 9.59 Å². The largest absolute Gasteiger partial charge is 0.493 e. The molecule has 30 heavy (non-hydrogen) atoms. The van der Waals surface area contributed by atoms with Crippen LogP contribution in [0.1, 0.15) is 69.8 Å². The summed E-state index contributed by atoms with van der Waals surface area (Å²) in [6.45, 7) is 3.81. The van der Waals surface area contributed by atoms with Gasteiger partial charge in [0.15, 0.2) is 0 Å². The number of halogens is 1. The van der Waals surface area contributed by atoms with Crippen molar-refractivity contribution in [2.45, 2.75) is 64.2 Å². The van der Waals surface area contributed by atoms with Gasteiger partial charge in [0.1, 0.15) is 17.0 Å². The van der Waals surface area contributed by atoms with Crippen molar-refractivity contribution in [3.63, 3.8) is 0 Å². The van der Waals surface area contributed by atoms with E-state index >= 15 is 0 Å². The van der Waals surface area contributed by atoms with E-state index in [-0.39, 0.29) is 23.6 Å². The fourth-order valence-corrected chi connectivity index (χ4v) is 5.17. The number of carbonyl (C=O) groups is 2. The Morgan fingerprint density at radius 3 is 2.60 bits per heavy atom. The Hall–Kier alpha value is -2.11. The molecule has 1 aromatic rings. The Labute approximate surface area is 177 Å². The van der Waals surface area contributed by atoms with Gasteiger partial charge in [-0.1, -0.05) is 19.3 Å². The zero-order valence-corrected chi connectivity index (χ0v) is 17.8. The summed E-state index contributed by atoms with van der Waals surface area (Å²) in [5.74, 6) is 0.702. The molecule has 1 aromatic carbocycles. The van der Waals surface area contributed by atoms with Crippen molar-refractivity contribution in [2.75, 3.05) is 26.3 Å².